The Morgan fingerprint density at radius 3 is 2.18 bits per heavy atom. The van der Waals surface area contributed by atoms with Crippen LogP contribution in [-0.2, 0) is 0 Å². The Balaban J connectivity index is 0.000000461. The highest BCUT2D eigenvalue weighted by Gasteiger charge is 1.78. The molecule has 0 spiro atoms. The Morgan fingerprint density at radius 1 is 1.18 bits per heavy atom. The molecule has 0 N–H and O–H groups in total. The van der Waals surface area contributed by atoms with Gasteiger partial charge in [0, 0.05) is 18.0 Å². The number of rotatable bonds is 0. The lowest BCUT2D eigenvalue weighted by molar-refractivity contribution is 1.32. The minimum absolute atomic E-state index is 1.02. The Kier molecular flexibility index (Phi) is 6.02. The van der Waals surface area contributed by atoms with Gasteiger partial charge < -0.3 is 0 Å². The van der Waals surface area contributed by atoms with Crippen molar-refractivity contribution in [2.45, 2.75) is 20.8 Å². The molecule has 58 valence electrons. The summed E-state index contributed by atoms with van der Waals surface area (Å²) in [6, 6.07) is 3.77. The van der Waals surface area contributed by atoms with Crippen molar-refractivity contribution in [1.29, 1.82) is 0 Å². The minimum atomic E-state index is 1.02. The van der Waals surface area contributed by atoms with Gasteiger partial charge in [-0.05, 0) is 19.1 Å². The van der Waals surface area contributed by atoms with Gasteiger partial charge in [-0.15, -0.1) is 5.92 Å². The molecule has 0 aliphatic rings. The van der Waals surface area contributed by atoms with Gasteiger partial charge in [0.05, 0.1) is 0 Å². The zero-order valence-corrected chi connectivity index (χ0v) is 7.26. The van der Waals surface area contributed by atoms with Gasteiger partial charge in [-0.2, -0.15) is 0 Å². The first-order chi connectivity index (χ1) is 5.43. The molecule has 0 atom stereocenters. The SMILES string of the molecule is CC.CC#Cc1ccncc1. The number of hydrogen-bond donors (Lipinski definition) is 0. The molecule has 0 aliphatic carbocycles. The summed E-state index contributed by atoms with van der Waals surface area (Å²) in [5.41, 5.74) is 1.02. The lowest BCUT2D eigenvalue weighted by Gasteiger charge is -1.83. The number of hydrogen-bond acceptors (Lipinski definition) is 1. The summed E-state index contributed by atoms with van der Waals surface area (Å²) in [7, 11) is 0. The molecule has 1 rings (SSSR count). The maximum absolute atomic E-state index is 3.86. The van der Waals surface area contributed by atoms with E-state index in [1.165, 1.54) is 0 Å². The highest BCUT2D eigenvalue weighted by Crippen LogP contribution is 1.90. The van der Waals surface area contributed by atoms with Gasteiger partial charge in [0.25, 0.3) is 0 Å². The van der Waals surface area contributed by atoms with E-state index >= 15 is 0 Å². The summed E-state index contributed by atoms with van der Waals surface area (Å²) in [5, 5.41) is 0. The van der Waals surface area contributed by atoms with Crippen molar-refractivity contribution in [2.24, 2.45) is 0 Å². The van der Waals surface area contributed by atoms with Crippen LogP contribution in [-0.4, -0.2) is 4.98 Å². The van der Waals surface area contributed by atoms with Gasteiger partial charge in [0.15, 0.2) is 0 Å². The fourth-order valence-corrected chi connectivity index (χ4v) is 0.580. The van der Waals surface area contributed by atoms with Crippen molar-refractivity contribution in [3.63, 3.8) is 0 Å². The van der Waals surface area contributed by atoms with E-state index in [2.05, 4.69) is 16.8 Å². The van der Waals surface area contributed by atoms with Gasteiger partial charge >= 0.3 is 0 Å². The Morgan fingerprint density at radius 2 is 1.73 bits per heavy atom. The van der Waals surface area contributed by atoms with E-state index in [9.17, 15) is 0 Å². The lowest BCUT2D eigenvalue weighted by atomic mass is 10.3. The van der Waals surface area contributed by atoms with Crippen LogP contribution in [0.15, 0.2) is 24.5 Å². The second-order valence-corrected chi connectivity index (χ2v) is 1.61. The van der Waals surface area contributed by atoms with Crippen molar-refractivity contribution in [2.75, 3.05) is 0 Å². The quantitative estimate of drug-likeness (QED) is 0.514. The molecule has 0 aliphatic heterocycles. The van der Waals surface area contributed by atoms with Crippen LogP contribution in [0.2, 0.25) is 0 Å². The molecule has 0 amide bonds. The van der Waals surface area contributed by atoms with Gasteiger partial charge in [0.1, 0.15) is 0 Å². The van der Waals surface area contributed by atoms with Crippen molar-refractivity contribution in [3.05, 3.63) is 30.1 Å². The van der Waals surface area contributed by atoms with E-state index in [-0.39, 0.29) is 0 Å². The summed E-state index contributed by atoms with van der Waals surface area (Å²) in [6.45, 7) is 5.82. The highest BCUT2D eigenvalue weighted by molar-refractivity contribution is 5.30. The second-order valence-electron chi connectivity index (χ2n) is 1.61. The maximum Gasteiger partial charge on any atom is 0.0280 e. The first-order valence-corrected chi connectivity index (χ1v) is 3.76. The Bertz CT molecular complexity index is 228. The van der Waals surface area contributed by atoms with Crippen LogP contribution in [0.25, 0.3) is 0 Å². The normalized spacial score (nSPS) is 6.82. The van der Waals surface area contributed by atoms with Gasteiger partial charge in [-0.25, -0.2) is 0 Å². The predicted molar refractivity (Wildman–Crippen MR) is 48.1 cm³/mol. The summed E-state index contributed by atoms with van der Waals surface area (Å²) in [6.07, 6.45) is 3.47. The molecule has 1 heteroatoms. The van der Waals surface area contributed by atoms with E-state index in [0.717, 1.165) is 5.56 Å². The van der Waals surface area contributed by atoms with Gasteiger partial charge in [-0.3, -0.25) is 4.98 Å². The largest absolute Gasteiger partial charge is 0.265 e. The zero-order chi connectivity index (χ0) is 8.53. The standard InChI is InChI=1S/C8H7N.C2H6/c1-2-3-8-4-6-9-7-5-8;1-2/h4-7H,1H3;1-2H3. The van der Waals surface area contributed by atoms with Crippen LogP contribution in [0, 0.1) is 11.8 Å². The lowest BCUT2D eigenvalue weighted by Crippen LogP contribution is -1.72. The van der Waals surface area contributed by atoms with Crippen LogP contribution in [0.1, 0.15) is 26.3 Å². The third kappa shape index (κ3) is 4.16. The second kappa shape index (κ2) is 6.82. The molecule has 0 saturated heterocycles. The number of nitrogens with zero attached hydrogens (tertiary/aromatic N) is 1. The summed E-state index contributed by atoms with van der Waals surface area (Å²) in [4.78, 5) is 3.86. The number of pyridine rings is 1. The molecule has 0 unspecified atom stereocenters. The summed E-state index contributed by atoms with van der Waals surface area (Å²) < 4.78 is 0. The predicted octanol–water partition coefficient (Wildman–Crippen LogP) is 2.48. The molecule has 0 fully saturated rings. The van der Waals surface area contributed by atoms with Gasteiger partial charge in [0.2, 0.25) is 0 Å². The molecule has 1 aromatic rings. The highest BCUT2D eigenvalue weighted by atomic mass is 14.6. The van der Waals surface area contributed by atoms with Crippen LogP contribution in [0.3, 0.4) is 0 Å². The molecule has 1 heterocycles. The summed E-state index contributed by atoms with van der Waals surface area (Å²) >= 11 is 0. The third-order valence-corrected chi connectivity index (χ3v) is 0.950. The van der Waals surface area contributed by atoms with Crippen LogP contribution < -0.4 is 0 Å². The average molecular weight is 147 g/mol. The molecule has 0 aromatic carbocycles. The molecular formula is C10H13N. The Hall–Kier alpha value is -1.29. The monoisotopic (exact) mass is 147 g/mol. The van der Waals surface area contributed by atoms with E-state index in [0.29, 0.717) is 0 Å². The Labute approximate surface area is 68.5 Å². The molecule has 0 saturated carbocycles. The maximum atomic E-state index is 3.86. The molecule has 0 bridgehead atoms. The van der Waals surface area contributed by atoms with Crippen LogP contribution in [0.4, 0.5) is 0 Å². The minimum Gasteiger partial charge on any atom is -0.265 e. The van der Waals surface area contributed by atoms with Crippen molar-refractivity contribution in [1.82, 2.24) is 4.98 Å². The van der Waals surface area contributed by atoms with Crippen molar-refractivity contribution in [3.8, 4) is 11.8 Å². The average Bonchev–Trinajstić information content (AvgIpc) is 2.11. The first kappa shape index (κ1) is 9.71. The molecule has 11 heavy (non-hydrogen) atoms. The van der Waals surface area contributed by atoms with Crippen molar-refractivity contribution >= 4 is 0 Å². The smallest absolute Gasteiger partial charge is 0.0280 e. The number of aromatic nitrogens is 1. The molecule has 1 nitrogen and oxygen atoms in total. The third-order valence-electron chi connectivity index (χ3n) is 0.950. The van der Waals surface area contributed by atoms with Gasteiger partial charge in [-0.1, -0.05) is 19.8 Å². The zero-order valence-electron chi connectivity index (χ0n) is 7.26. The van der Waals surface area contributed by atoms with E-state index in [1.807, 2.05) is 32.9 Å². The van der Waals surface area contributed by atoms with Crippen molar-refractivity contribution < 1.29 is 0 Å². The van der Waals surface area contributed by atoms with Crippen LogP contribution >= 0.6 is 0 Å². The molecule has 1 aromatic heterocycles. The topological polar surface area (TPSA) is 12.9 Å². The van der Waals surface area contributed by atoms with E-state index in [4.69, 9.17) is 0 Å². The van der Waals surface area contributed by atoms with E-state index in [1.54, 1.807) is 12.4 Å². The molecule has 0 radical (unpaired) electrons. The van der Waals surface area contributed by atoms with E-state index < -0.39 is 0 Å². The summed E-state index contributed by atoms with van der Waals surface area (Å²) in [5.74, 6) is 5.72. The fourth-order valence-electron chi connectivity index (χ4n) is 0.580. The molecular weight excluding hydrogens is 134 g/mol. The first-order valence-electron chi connectivity index (χ1n) is 3.76. The fraction of sp³-hybridized carbons (Fsp3) is 0.300. The van der Waals surface area contributed by atoms with Crippen LogP contribution in [0.5, 0.6) is 0 Å².